The summed E-state index contributed by atoms with van der Waals surface area (Å²) in [5.41, 5.74) is 1.72. The molecule has 0 heterocycles. The SMILES string of the molecule is CCNC(C)c1ccccc1OCc1cccc(F)c1Cl. The molecule has 1 atom stereocenters. The minimum Gasteiger partial charge on any atom is -0.489 e. The fraction of sp³-hybridized carbons (Fsp3) is 0.294. The van der Waals surface area contributed by atoms with Crippen molar-refractivity contribution < 1.29 is 9.13 Å². The van der Waals surface area contributed by atoms with E-state index >= 15 is 0 Å². The second-order valence-corrected chi connectivity index (χ2v) is 5.20. The Labute approximate surface area is 129 Å². The molecule has 2 aromatic rings. The number of rotatable bonds is 6. The molecule has 0 aliphatic rings. The number of para-hydroxylation sites is 1. The first kappa shape index (κ1) is 15.8. The lowest BCUT2D eigenvalue weighted by Gasteiger charge is -2.18. The zero-order valence-corrected chi connectivity index (χ0v) is 13.0. The Bertz CT molecular complexity index is 603. The van der Waals surface area contributed by atoms with E-state index in [0.29, 0.717) is 5.56 Å². The Morgan fingerprint density at radius 1 is 1.19 bits per heavy atom. The van der Waals surface area contributed by atoms with Gasteiger partial charge in [0.05, 0.1) is 5.02 Å². The highest BCUT2D eigenvalue weighted by Gasteiger charge is 2.11. The van der Waals surface area contributed by atoms with E-state index in [-0.39, 0.29) is 17.7 Å². The quantitative estimate of drug-likeness (QED) is 0.833. The average molecular weight is 308 g/mol. The van der Waals surface area contributed by atoms with Crippen LogP contribution in [-0.4, -0.2) is 6.54 Å². The summed E-state index contributed by atoms with van der Waals surface area (Å²) in [6, 6.07) is 12.8. The highest BCUT2D eigenvalue weighted by atomic mass is 35.5. The van der Waals surface area contributed by atoms with E-state index in [0.717, 1.165) is 17.9 Å². The molecule has 0 saturated heterocycles. The molecule has 0 radical (unpaired) electrons. The normalized spacial score (nSPS) is 12.2. The number of benzene rings is 2. The lowest BCUT2D eigenvalue weighted by atomic mass is 10.1. The van der Waals surface area contributed by atoms with Gasteiger partial charge < -0.3 is 10.1 Å². The van der Waals surface area contributed by atoms with Crippen molar-refractivity contribution in [3.8, 4) is 5.75 Å². The van der Waals surface area contributed by atoms with Crippen LogP contribution in [0.3, 0.4) is 0 Å². The summed E-state index contributed by atoms with van der Waals surface area (Å²) in [5.74, 6) is 0.360. The van der Waals surface area contributed by atoms with Gasteiger partial charge >= 0.3 is 0 Å². The topological polar surface area (TPSA) is 21.3 Å². The molecule has 0 bridgehead atoms. The first-order chi connectivity index (χ1) is 10.1. The van der Waals surface area contributed by atoms with Gasteiger partial charge in [-0.3, -0.25) is 0 Å². The van der Waals surface area contributed by atoms with E-state index in [1.165, 1.54) is 6.07 Å². The Morgan fingerprint density at radius 2 is 1.95 bits per heavy atom. The zero-order chi connectivity index (χ0) is 15.2. The summed E-state index contributed by atoms with van der Waals surface area (Å²) in [6.45, 7) is 5.27. The van der Waals surface area contributed by atoms with Gasteiger partial charge in [0.2, 0.25) is 0 Å². The molecule has 0 aromatic heterocycles. The molecule has 1 unspecified atom stereocenters. The third kappa shape index (κ3) is 3.96. The second kappa shape index (κ2) is 7.43. The van der Waals surface area contributed by atoms with Crippen molar-refractivity contribution in [2.45, 2.75) is 26.5 Å². The molecule has 112 valence electrons. The van der Waals surface area contributed by atoms with E-state index < -0.39 is 5.82 Å². The smallest absolute Gasteiger partial charge is 0.142 e. The fourth-order valence-corrected chi connectivity index (χ4v) is 2.38. The van der Waals surface area contributed by atoms with Crippen LogP contribution >= 0.6 is 11.6 Å². The van der Waals surface area contributed by atoms with Crippen molar-refractivity contribution in [1.82, 2.24) is 5.32 Å². The molecular formula is C17H19ClFNO. The molecule has 2 aromatic carbocycles. The molecule has 2 rings (SSSR count). The summed E-state index contributed by atoms with van der Waals surface area (Å²) in [5, 5.41) is 3.47. The molecule has 1 N–H and O–H groups in total. The van der Waals surface area contributed by atoms with Crippen molar-refractivity contribution in [3.05, 3.63) is 64.4 Å². The van der Waals surface area contributed by atoms with E-state index in [4.69, 9.17) is 16.3 Å². The van der Waals surface area contributed by atoms with Crippen molar-refractivity contribution in [1.29, 1.82) is 0 Å². The first-order valence-corrected chi connectivity index (χ1v) is 7.39. The molecule has 0 fully saturated rings. The Balaban J connectivity index is 2.15. The molecule has 0 aliphatic heterocycles. The van der Waals surface area contributed by atoms with Crippen LogP contribution in [0.2, 0.25) is 5.02 Å². The minimum atomic E-state index is -0.424. The van der Waals surface area contributed by atoms with Gasteiger partial charge in [-0.05, 0) is 25.6 Å². The van der Waals surface area contributed by atoms with Crippen molar-refractivity contribution in [3.63, 3.8) is 0 Å². The van der Waals surface area contributed by atoms with E-state index in [9.17, 15) is 4.39 Å². The molecule has 2 nitrogen and oxygen atoms in total. The standard InChI is InChI=1S/C17H19ClFNO/c1-3-20-12(2)14-8-4-5-10-16(14)21-11-13-7-6-9-15(19)17(13)18/h4-10,12,20H,3,11H2,1-2H3. The summed E-state index contributed by atoms with van der Waals surface area (Å²) < 4.78 is 19.3. The molecule has 0 saturated carbocycles. The van der Waals surface area contributed by atoms with Crippen LogP contribution in [-0.2, 0) is 6.61 Å². The van der Waals surface area contributed by atoms with Gasteiger partial charge in [-0.15, -0.1) is 0 Å². The molecule has 0 amide bonds. The van der Waals surface area contributed by atoms with Crippen LogP contribution in [0, 0.1) is 5.82 Å². The largest absolute Gasteiger partial charge is 0.489 e. The number of halogens is 2. The van der Waals surface area contributed by atoms with Crippen LogP contribution < -0.4 is 10.1 Å². The van der Waals surface area contributed by atoms with Crippen LogP contribution in [0.4, 0.5) is 4.39 Å². The van der Waals surface area contributed by atoms with E-state index in [1.54, 1.807) is 12.1 Å². The van der Waals surface area contributed by atoms with Crippen molar-refractivity contribution in [2.75, 3.05) is 6.54 Å². The van der Waals surface area contributed by atoms with Gasteiger partial charge in [-0.1, -0.05) is 48.9 Å². The Hall–Kier alpha value is -1.58. The van der Waals surface area contributed by atoms with Gasteiger partial charge in [0, 0.05) is 17.2 Å². The van der Waals surface area contributed by atoms with Gasteiger partial charge in [-0.2, -0.15) is 0 Å². The molecular weight excluding hydrogens is 289 g/mol. The van der Waals surface area contributed by atoms with Crippen molar-refractivity contribution in [2.24, 2.45) is 0 Å². The van der Waals surface area contributed by atoms with E-state index in [2.05, 4.69) is 19.2 Å². The predicted molar refractivity (Wildman–Crippen MR) is 84.3 cm³/mol. The van der Waals surface area contributed by atoms with Crippen molar-refractivity contribution >= 4 is 11.6 Å². The number of hydrogen-bond donors (Lipinski definition) is 1. The summed E-state index contributed by atoms with van der Waals surface area (Å²) in [4.78, 5) is 0. The monoisotopic (exact) mass is 307 g/mol. The molecule has 0 spiro atoms. The molecule has 21 heavy (non-hydrogen) atoms. The number of nitrogens with one attached hydrogen (secondary N) is 1. The average Bonchev–Trinajstić information content (AvgIpc) is 2.49. The molecule has 0 aliphatic carbocycles. The van der Waals surface area contributed by atoms with Gasteiger partial charge in [0.15, 0.2) is 0 Å². The summed E-state index contributed by atoms with van der Waals surface area (Å²) in [6.07, 6.45) is 0. The highest BCUT2D eigenvalue weighted by Crippen LogP contribution is 2.27. The Morgan fingerprint density at radius 3 is 2.71 bits per heavy atom. The van der Waals surface area contributed by atoms with Crippen LogP contribution in [0.15, 0.2) is 42.5 Å². The minimum absolute atomic E-state index is 0.120. The van der Waals surface area contributed by atoms with E-state index in [1.807, 2.05) is 24.3 Å². The highest BCUT2D eigenvalue weighted by molar-refractivity contribution is 6.31. The van der Waals surface area contributed by atoms with Crippen LogP contribution in [0.5, 0.6) is 5.75 Å². The third-order valence-electron chi connectivity index (χ3n) is 3.31. The van der Waals surface area contributed by atoms with Gasteiger partial charge in [0.25, 0.3) is 0 Å². The lowest BCUT2D eigenvalue weighted by molar-refractivity contribution is 0.299. The third-order valence-corrected chi connectivity index (χ3v) is 3.73. The Kier molecular flexibility index (Phi) is 5.59. The number of ether oxygens (including phenoxy) is 1. The maximum atomic E-state index is 13.4. The summed E-state index contributed by atoms with van der Waals surface area (Å²) in [7, 11) is 0. The van der Waals surface area contributed by atoms with Gasteiger partial charge in [-0.25, -0.2) is 4.39 Å². The zero-order valence-electron chi connectivity index (χ0n) is 12.2. The van der Waals surface area contributed by atoms with Crippen LogP contribution in [0.25, 0.3) is 0 Å². The maximum Gasteiger partial charge on any atom is 0.142 e. The lowest BCUT2D eigenvalue weighted by Crippen LogP contribution is -2.18. The maximum absolute atomic E-state index is 13.4. The second-order valence-electron chi connectivity index (χ2n) is 4.82. The summed E-state index contributed by atoms with van der Waals surface area (Å²) >= 11 is 5.94. The van der Waals surface area contributed by atoms with Gasteiger partial charge in [0.1, 0.15) is 18.2 Å². The molecule has 4 heteroatoms. The fourth-order valence-electron chi connectivity index (χ4n) is 2.20. The first-order valence-electron chi connectivity index (χ1n) is 7.01. The predicted octanol–water partition coefficient (Wildman–Crippen LogP) is 4.73. The van der Waals surface area contributed by atoms with Crippen LogP contribution in [0.1, 0.15) is 31.0 Å². The number of hydrogen-bond acceptors (Lipinski definition) is 2.